The summed E-state index contributed by atoms with van der Waals surface area (Å²) < 4.78 is 6.91. The normalized spacial score (nSPS) is 16.0. The first-order valence-electron chi connectivity index (χ1n) is 5.98. The van der Waals surface area contributed by atoms with Crippen LogP contribution in [-0.4, -0.2) is 5.91 Å². The summed E-state index contributed by atoms with van der Waals surface area (Å²) in [6, 6.07) is 10.7. The van der Waals surface area contributed by atoms with Gasteiger partial charge in [0.2, 0.25) is 0 Å². The molecule has 5 nitrogen and oxygen atoms in total. The van der Waals surface area contributed by atoms with Crippen LogP contribution < -0.4 is 15.7 Å². The molecule has 0 bridgehead atoms. The quantitative estimate of drug-likeness (QED) is 0.774. The predicted octanol–water partition coefficient (Wildman–Crippen LogP) is 0.956. The summed E-state index contributed by atoms with van der Waals surface area (Å²) in [5, 5.41) is 0. The Labute approximate surface area is 109 Å². The van der Waals surface area contributed by atoms with Gasteiger partial charge in [-0.25, -0.2) is 4.79 Å². The first-order chi connectivity index (χ1) is 9.00. The fourth-order valence-electron chi connectivity index (χ4n) is 2.05. The van der Waals surface area contributed by atoms with Crippen LogP contribution >= 0.6 is 0 Å². The van der Waals surface area contributed by atoms with E-state index in [-0.39, 0.29) is 11.5 Å². The molecule has 0 saturated heterocycles. The number of amides is 1. The molecule has 0 atom stereocenters. The number of hydrogen-bond acceptors (Lipinski definition) is 3. The minimum absolute atomic E-state index is 0.251. The van der Waals surface area contributed by atoms with Gasteiger partial charge in [0.05, 0.1) is 0 Å². The second-order valence-corrected chi connectivity index (χ2v) is 5.02. The third-order valence-corrected chi connectivity index (χ3v) is 3.26. The molecular weight excluding hydrogens is 244 g/mol. The summed E-state index contributed by atoms with van der Waals surface area (Å²) in [5.41, 5.74) is 2.15. The van der Waals surface area contributed by atoms with E-state index in [4.69, 9.17) is 4.42 Å². The first kappa shape index (κ1) is 11.6. The SMILES string of the molecule is CC1(C)C(=O)N[n+]2c1oc(-c1ccccc1)cc2=O. The lowest BCUT2D eigenvalue weighted by Crippen LogP contribution is -2.56. The van der Waals surface area contributed by atoms with Crippen molar-refractivity contribution < 1.29 is 13.9 Å². The van der Waals surface area contributed by atoms with Gasteiger partial charge >= 0.3 is 11.4 Å². The molecule has 0 fully saturated rings. The number of aromatic nitrogens is 1. The van der Waals surface area contributed by atoms with Crippen LogP contribution in [-0.2, 0) is 10.2 Å². The van der Waals surface area contributed by atoms with Crippen molar-refractivity contribution in [2.75, 3.05) is 5.43 Å². The van der Waals surface area contributed by atoms with E-state index in [2.05, 4.69) is 5.43 Å². The highest BCUT2D eigenvalue weighted by atomic mass is 16.4. The molecule has 1 aliphatic heterocycles. The molecule has 1 N–H and O–H groups in total. The topological polar surface area (TPSA) is 63.2 Å². The summed E-state index contributed by atoms with van der Waals surface area (Å²) >= 11 is 0. The zero-order valence-electron chi connectivity index (χ0n) is 10.6. The van der Waals surface area contributed by atoms with Crippen molar-refractivity contribution in [2.45, 2.75) is 19.3 Å². The molecule has 0 saturated carbocycles. The molecule has 1 aromatic heterocycles. The van der Waals surface area contributed by atoms with E-state index in [1.807, 2.05) is 30.3 Å². The van der Waals surface area contributed by atoms with E-state index in [9.17, 15) is 9.59 Å². The molecule has 0 radical (unpaired) electrons. The Morgan fingerprint density at radius 2 is 1.84 bits per heavy atom. The second-order valence-electron chi connectivity index (χ2n) is 5.02. The number of fused-ring (bicyclic) bond motifs is 1. The highest BCUT2D eigenvalue weighted by Crippen LogP contribution is 2.26. The van der Waals surface area contributed by atoms with E-state index in [1.165, 1.54) is 6.07 Å². The first-order valence-corrected chi connectivity index (χ1v) is 5.98. The van der Waals surface area contributed by atoms with Gasteiger partial charge in [0, 0.05) is 10.2 Å². The van der Waals surface area contributed by atoms with Gasteiger partial charge in [-0.3, -0.25) is 4.79 Å². The van der Waals surface area contributed by atoms with Crippen LogP contribution in [0.15, 0.2) is 45.6 Å². The number of nitrogens with one attached hydrogen (secondary N) is 1. The molecular formula is C14H13N2O3+. The average Bonchev–Trinajstić information content (AvgIpc) is 2.63. The molecule has 5 heteroatoms. The molecule has 1 aliphatic rings. The van der Waals surface area contributed by atoms with Gasteiger partial charge in [0.15, 0.2) is 11.2 Å². The van der Waals surface area contributed by atoms with Crippen molar-refractivity contribution in [3.8, 4) is 11.3 Å². The van der Waals surface area contributed by atoms with Crippen molar-refractivity contribution in [3.63, 3.8) is 0 Å². The Kier molecular flexibility index (Phi) is 2.32. The number of nitrogens with zero attached hydrogens (tertiary/aromatic N) is 1. The Morgan fingerprint density at radius 3 is 2.53 bits per heavy atom. The van der Waals surface area contributed by atoms with Crippen molar-refractivity contribution in [3.05, 3.63) is 52.6 Å². The lowest BCUT2D eigenvalue weighted by Gasteiger charge is -2.06. The smallest absolute Gasteiger partial charge is 0.405 e. The number of carbonyl (C=O) groups excluding carboxylic acids is 1. The fourth-order valence-corrected chi connectivity index (χ4v) is 2.05. The average molecular weight is 257 g/mol. The Hall–Kier alpha value is -2.43. The molecule has 0 unspecified atom stereocenters. The largest absolute Gasteiger partial charge is 0.447 e. The third-order valence-electron chi connectivity index (χ3n) is 3.26. The van der Waals surface area contributed by atoms with Crippen molar-refractivity contribution in [1.82, 2.24) is 0 Å². The van der Waals surface area contributed by atoms with Gasteiger partial charge in [-0.2, -0.15) is 0 Å². The molecule has 1 amide bonds. The van der Waals surface area contributed by atoms with Gasteiger partial charge in [0.1, 0.15) is 6.07 Å². The number of rotatable bonds is 1. The molecule has 0 aliphatic carbocycles. The molecule has 2 aromatic rings. The maximum Gasteiger partial charge on any atom is 0.447 e. The summed E-state index contributed by atoms with van der Waals surface area (Å²) in [4.78, 5) is 23.8. The standard InChI is InChI=1S/C14H12N2O3/c1-14(2)12(18)15-16-11(17)8-10(19-13(14)16)9-6-4-3-5-7-9/h3-8H,1-2H3/p+1. The predicted molar refractivity (Wildman–Crippen MR) is 68.0 cm³/mol. The third kappa shape index (κ3) is 1.66. The minimum Gasteiger partial charge on any atom is -0.405 e. The van der Waals surface area contributed by atoms with E-state index < -0.39 is 5.41 Å². The van der Waals surface area contributed by atoms with Gasteiger partial charge in [-0.15, -0.1) is 5.43 Å². The summed E-state index contributed by atoms with van der Waals surface area (Å²) in [6.07, 6.45) is 0. The molecule has 2 heterocycles. The lowest BCUT2D eigenvalue weighted by molar-refractivity contribution is -0.669. The lowest BCUT2D eigenvalue weighted by atomic mass is 9.94. The van der Waals surface area contributed by atoms with Gasteiger partial charge in [-0.1, -0.05) is 30.3 Å². The van der Waals surface area contributed by atoms with Crippen LogP contribution in [0, 0.1) is 0 Å². The number of carbonyl (C=O) groups is 1. The van der Waals surface area contributed by atoms with Crippen LogP contribution in [0.4, 0.5) is 0 Å². The fraction of sp³-hybridized carbons (Fsp3) is 0.214. The van der Waals surface area contributed by atoms with Crippen LogP contribution in [0.25, 0.3) is 11.3 Å². The van der Waals surface area contributed by atoms with Crippen LogP contribution in [0.3, 0.4) is 0 Å². The van der Waals surface area contributed by atoms with Crippen molar-refractivity contribution in [1.29, 1.82) is 0 Å². The van der Waals surface area contributed by atoms with Crippen molar-refractivity contribution >= 4 is 5.91 Å². The second kappa shape index (κ2) is 3.78. The Bertz CT molecular complexity index is 717. The Balaban J connectivity index is 2.24. The minimum atomic E-state index is -0.857. The summed E-state index contributed by atoms with van der Waals surface area (Å²) in [7, 11) is 0. The maximum absolute atomic E-state index is 12.0. The van der Waals surface area contributed by atoms with Crippen LogP contribution in [0.1, 0.15) is 19.7 Å². The monoisotopic (exact) mass is 257 g/mol. The van der Waals surface area contributed by atoms with Crippen molar-refractivity contribution in [2.24, 2.45) is 0 Å². The van der Waals surface area contributed by atoms with Gasteiger partial charge in [0.25, 0.3) is 5.91 Å². The zero-order valence-corrected chi connectivity index (χ0v) is 10.6. The van der Waals surface area contributed by atoms with E-state index in [0.29, 0.717) is 11.7 Å². The summed E-state index contributed by atoms with van der Waals surface area (Å²) in [6.45, 7) is 3.44. The highest BCUT2D eigenvalue weighted by Gasteiger charge is 2.51. The van der Waals surface area contributed by atoms with Gasteiger partial charge < -0.3 is 4.42 Å². The van der Waals surface area contributed by atoms with E-state index in [1.54, 1.807) is 13.8 Å². The van der Waals surface area contributed by atoms with Gasteiger partial charge in [-0.05, 0) is 13.8 Å². The Morgan fingerprint density at radius 1 is 1.16 bits per heavy atom. The number of benzene rings is 1. The summed E-state index contributed by atoms with van der Waals surface area (Å²) in [5.74, 6) is 0.531. The van der Waals surface area contributed by atoms with Crippen LogP contribution in [0.2, 0.25) is 0 Å². The van der Waals surface area contributed by atoms with Crippen LogP contribution in [0.5, 0.6) is 0 Å². The molecule has 1 aromatic carbocycles. The molecule has 96 valence electrons. The molecule has 3 rings (SSSR count). The molecule has 0 spiro atoms. The zero-order chi connectivity index (χ0) is 13.6. The van der Waals surface area contributed by atoms with E-state index >= 15 is 0 Å². The van der Waals surface area contributed by atoms with E-state index in [0.717, 1.165) is 10.2 Å². The molecule has 19 heavy (non-hydrogen) atoms. The maximum atomic E-state index is 12.0. The number of hydrogen-bond donors (Lipinski definition) is 1. The highest BCUT2D eigenvalue weighted by molar-refractivity contribution is 5.92.